The average molecular weight is 851 g/mol. The second-order valence-corrected chi connectivity index (χ2v) is 16.7. The number of alkyl halides is 4. The molecule has 1 aliphatic rings. The molecule has 0 radical (unpaired) electrons. The molecule has 5 N–H and O–H groups in total. The van der Waals surface area contributed by atoms with E-state index in [4.69, 9.17) is 21.0 Å². The number of ether oxygens (including phenoxy) is 2. The van der Waals surface area contributed by atoms with Gasteiger partial charge >= 0.3 is 6.18 Å². The number of hydrogen-bond donors (Lipinski definition) is 4. The van der Waals surface area contributed by atoms with Crippen LogP contribution < -0.4 is 24.8 Å². The Morgan fingerprint density at radius 3 is 2.38 bits per heavy atom. The van der Waals surface area contributed by atoms with Gasteiger partial charge in [-0.1, -0.05) is 36.1 Å². The first kappa shape index (κ1) is 45.7. The van der Waals surface area contributed by atoms with Crippen LogP contribution in [0.4, 0.5) is 34.6 Å². The Balaban J connectivity index is 0.000000448. The van der Waals surface area contributed by atoms with Gasteiger partial charge in [-0.3, -0.25) is 9.21 Å². The Morgan fingerprint density at radius 2 is 1.78 bits per heavy atom. The van der Waals surface area contributed by atoms with Crippen LogP contribution in [0.1, 0.15) is 12.1 Å². The predicted molar refractivity (Wildman–Crippen MR) is 216 cm³/mol. The molecular formula is C39H46F4N6O7S2. The number of nitrogens with two attached hydrogens (primary N) is 1. The van der Waals surface area contributed by atoms with Crippen LogP contribution in [0.25, 0.3) is 10.9 Å². The fourth-order valence-corrected chi connectivity index (χ4v) is 7.59. The number of likely N-dealkylation sites (tertiary alicyclic amines) is 1. The maximum Gasteiger partial charge on any atom is 0.406 e. The summed E-state index contributed by atoms with van der Waals surface area (Å²) in [6, 6.07) is 18.6. The number of methoxy groups -OCH3 is 2. The average Bonchev–Trinajstić information content (AvgIpc) is 3.49. The summed E-state index contributed by atoms with van der Waals surface area (Å²) < 4.78 is 114. The van der Waals surface area contributed by atoms with E-state index in [1.54, 1.807) is 48.5 Å². The van der Waals surface area contributed by atoms with Gasteiger partial charge in [0, 0.05) is 43.9 Å². The van der Waals surface area contributed by atoms with Gasteiger partial charge in [-0.15, -0.1) is 6.42 Å². The van der Waals surface area contributed by atoms with E-state index in [2.05, 4.69) is 28.4 Å². The number of aliphatic hydroxyl groups is 1. The number of β-amino-alcohol motifs (C(OH)–C–C–N with tert-alkyl or cyclic N) is 1. The maximum atomic E-state index is 15.2. The minimum atomic E-state index is -4.52. The van der Waals surface area contributed by atoms with Crippen LogP contribution in [-0.2, 0) is 31.3 Å². The molecule has 4 aromatic rings. The van der Waals surface area contributed by atoms with Crippen molar-refractivity contribution in [3.05, 3.63) is 78.5 Å². The van der Waals surface area contributed by atoms with Crippen molar-refractivity contribution >= 4 is 48.0 Å². The number of rotatable bonds is 14. The fraction of sp³-hybridized carbons (Fsp3) is 0.385. The second-order valence-electron chi connectivity index (χ2n) is 13.3. The van der Waals surface area contributed by atoms with Crippen molar-refractivity contribution < 1.29 is 49.0 Å². The second kappa shape index (κ2) is 20.1. The zero-order chi connectivity index (χ0) is 42.7. The third-order valence-electron chi connectivity index (χ3n) is 8.84. The first-order chi connectivity index (χ1) is 27.3. The molecule has 3 atom stereocenters. The van der Waals surface area contributed by atoms with Crippen molar-refractivity contribution in [1.29, 1.82) is 0 Å². The number of nitrogens with zero attached hydrogens (tertiary/aromatic N) is 3. The standard InChI is InChI=1S/C29H35F4N5O5S.C10H11NO2S/c1-42-17-20(39)15-37-12-10-25(23(30)16-37)36-24-6-3-7-27-22(24)13-19(38(27)18-29(31,32)33)5-4-11-35-26-9-8-21(44(34,40)41)14-28(26)43-2;1-3-9-11(14(2,12)13)10-7-5-4-6-8-10/h3,6-9,13-14,20,23,25,35-36,39H,10-12,15-18H2,1-2H3,(H2,34,40,41);1,4-8H,9H2,2H3/t20?,23-,25+;/m1./s1. The first-order valence-electron chi connectivity index (χ1n) is 17.7. The highest BCUT2D eigenvalue weighted by molar-refractivity contribution is 7.92. The van der Waals surface area contributed by atoms with E-state index < -0.39 is 51.1 Å². The summed E-state index contributed by atoms with van der Waals surface area (Å²) in [5.41, 5.74) is 1.90. The van der Waals surface area contributed by atoms with Crippen molar-refractivity contribution in [2.24, 2.45) is 5.14 Å². The molecule has 314 valence electrons. The number of terminal acetylenes is 1. The van der Waals surface area contributed by atoms with Crippen LogP contribution >= 0.6 is 0 Å². The Labute approximate surface area is 336 Å². The van der Waals surface area contributed by atoms with Gasteiger partial charge in [0.1, 0.15) is 18.5 Å². The quantitative estimate of drug-likeness (QED) is 0.107. The first-order valence-corrected chi connectivity index (χ1v) is 21.1. The van der Waals surface area contributed by atoms with Crippen LogP contribution in [0.3, 0.4) is 0 Å². The number of sulfonamides is 2. The number of benzene rings is 3. The SMILES string of the molecule is C#CCN(c1ccccc1)S(C)(=O)=O.COCC(O)CN1CC[C@H](Nc2cccc3c2cc(C#CCNc2ccc(S(N)(=O)=O)cc2OC)n3CC(F)(F)F)[C@H](F)C1. The molecule has 1 fully saturated rings. The number of aliphatic hydroxyl groups excluding tert-OH is 1. The monoisotopic (exact) mass is 850 g/mol. The van der Waals surface area contributed by atoms with Crippen LogP contribution in [0, 0.1) is 24.2 Å². The van der Waals surface area contributed by atoms with Crippen LogP contribution in [0.5, 0.6) is 5.75 Å². The highest BCUT2D eigenvalue weighted by atomic mass is 32.2. The lowest BCUT2D eigenvalue weighted by Gasteiger charge is -2.36. The fourth-order valence-electron chi connectivity index (χ4n) is 6.25. The number of piperidine rings is 1. The number of fused-ring (bicyclic) bond motifs is 1. The zero-order valence-corrected chi connectivity index (χ0v) is 33.7. The number of primary sulfonamides is 1. The van der Waals surface area contributed by atoms with E-state index in [0.29, 0.717) is 40.9 Å². The molecule has 1 saturated heterocycles. The van der Waals surface area contributed by atoms with Gasteiger partial charge in [0.2, 0.25) is 20.0 Å². The van der Waals surface area contributed by atoms with E-state index in [1.165, 1.54) is 36.7 Å². The van der Waals surface area contributed by atoms with E-state index >= 15 is 4.39 Å². The van der Waals surface area contributed by atoms with E-state index in [-0.39, 0.29) is 49.1 Å². The van der Waals surface area contributed by atoms with E-state index in [9.17, 15) is 35.1 Å². The topological polar surface area (TPSA) is 168 Å². The largest absolute Gasteiger partial charge is 0.495 e. The number of halogens is 4. The molecule has 5 rings (SSSR count). The number of hydrogen-bond acceptors (Lipinski definition) is 10. The molecule has 58 heavy (non-hydrogen) atoms. The Bertz CT molecular complexity index is 2330. The van der Waals surface area contributed by atoms with Gasteiger partial charge in [-0.2, -0.15) is 13.2 Å². The molecule has 0 bridgehead atoms. The Kier molecular flexibility index (Phi) is 15.8. The molecule has 1 aliphatic heterocycles. The molecule has 3 aromatic carbocycles. The summed E-state index contributed by atoms with van der Waals surface area (Å²) >= 11 is 0. The molecule has 19 heteroatoms. The summed E-state index contributed by atoms with van der Waals surface area (Å²) in [4.78, 5) is 1.68. The smallest absolute Gasteiger partial charge is 0.406 e. The lowest BCUT2D eigenvalue weighted by Crippen LogP contribution is -2.50. The molecule has 1 unspecified atom stereocenters. The summed E-state index contributed by atoms with van der Waals surface area (Å²) in [7, 11) is -4.41. The highest BCUT2D eigenvalue weighted by Crippen LogP contribution is 2.32. The van der Waals surface area contributed by atoms with Crippen LogP contribution in [-0.4, -0.2) is 116 Å². The lowest BCUT2D eigenvalue weighted by atomic mass is 10.0. The van der Waals surface area contributed by atoms with E-state index in [0.717, 1.165) is 10.8 Å². The van der Waals surface area contributed by atoms with Crippen LogP contribution in [0.2, 0.25) is 0 Å². The molecular weight excluding hydrogens is 805 g/mol. The molecule has 0 aliphatic carbocycles. The number of para-hydroxylation sites is 1. The third-order valence-corrected chi connectivity index (χ3v) is 10.9. The van der Waals surface area contributed by atoms with Crippen molar-refractivity contribution in [3.8, 4) is 29.9 Å². The summed E-state index contributed by atoms with van der Waals surface area (Å²) in [6.45, 7) is -0.148. The molecule has 2 heterocycles. The predicted octanol–water partition coefficient (Wildman–Crippen LogP) is 4.24. The minimum absolute atomic E-state index is 0.00488. The molecule has 0 amide bonds. The number of aromatic nitrogens is 1. The highest BCUT2D eigenvalue weighted by Gasteiger charge is 2.32. The van der Waals surface area contributed by atoms with Gasteiger partial charge < -0.3 is 29.8 Å². The Morgan fingerprint density at radius 1 is 1.05 bits per heavy atom. The molecule has 0 spiro atoms. The summed E-state index contributed by atoms with van der Waals surface area (Å²) in [5, 5.41) is 21.8. The minimum Gasteiger partial charge on any atom is -0.495 e. The summed E-state index contributed by atoms with van der Waals surface area (Å²) in [6.07, 6.45) is 0.152. The van der Waals surface area contributed by atoms with Gasteiger partial charge in [0.15, 0.2) is 0 Å². The summed E-state index contributed by atoms with van der Waals surface area (Å²) in [5.74, 6) is 8.12. The van der Waals surface area contributed by atoms with Crippen molar-refractivity contribution in [2.45, 2.75) is 42.4 Å². The van der Waals surface area contributed by atoms with Crippen LogP contribution in [0.15, 0.2) is 77.7 Å². The Hall–Kier alpha value is -5.02. The third kappa shape index (κ3) is 13.0. The van der Waals surface area contributed by atoms with Crippen molar-refractivity contribution in [1.82, 2.24) is 9.47 Å². The molecule has 1 aromatic heterocycles. The molecule has 0 saturated carbocycles. The lowest BCUT2D eigenvalue weighted by molar-refractivity contribution is -0.140. The number of nitrogens with one attached hydrogen (secondary N) is 2. The zero-order valence-electron chi connectivity index (χ0n) is 32.0. The number of anilines is 3. The maximum absolute atomic E-state index is 15.2. The van der Waals surface area contributed by atoms with Gasteiger partial charge in [0.25, 0.3) is 0 Å². The normalized spacial score (nSPS) is 16.6. The van der Waals surface area contributed by atoms with Gasteiger partial charge in [-0.25, -0.2) is 26.4 Å². The van der Waals surface area contributed by atoms with E-state index in [1.807, 2.05) is 11.0 Å². The van der Waals surface area contributed by atoms with Gasteiger partial charge in [0.05, 0.1) is 72.7 Å². The van der Waals surface area contributed by atoms with Gasteiger partial charge in [-0.05, 0) is 54.8 Å². The van der Waals surface area contributed by atoms with Crippen molar-refractivity contribution in [2.75, 3.05) is 74.7 Å². The van der Waals surface area contributed by atoms with Crippen molar-refractivity contribution in [3.63, 3.8) is 0 Å². The molecule has 13 nitrogen and oxygen atoms in total.